The smallest absolute Gasteiger partial charge is 0.138 e. The number of hydrogen-bond acceptors (Lipinski definition) is 3. The molecule has 4 nitrogen and oxygen atoms in total. The molecule has 5 heteroatoms. The molecule has 0 radical (unpaired) electrons. The van der Waals surface area contributed by atoms with E-state index in [1.165, 1.54) is 0 Å². The minimum atomic E-state index is 0.158. The van der Waals surface area contributed by atoms with Gasteiger partial charge in [-0.3, -0.25) is 4.90 Å². The monoisotopic (exact) mass is 265 g/mol. The second-order valence-corrected chi connectivity index (χ2v) is 4.78. The minimum absolute atomic E-state index is 0.158. The molecule has 0 atom stereocenters. The first-order valence-electron chi connectivity index (χ1n) is 5.69. The molecule has 1 aromatic heterocycles. The standard InChI is InChI=1S/C13H16ClN3O/c1-16(9-12-15-6-7-17(12)2)8-10-4-3-5-11(14)13(10)18/h3-7,18H,8-9H2,1-2H3. The van der Waals surface area contributed by atoms with Crippen molar-refractivity contribution in [1.29, 1.82) is 0 Å². The first-order valence-corrected chi connectivity index (χ1v) is 6.07. The molecule has 1 heterocycles. The Kier molecular flexibility index (Phi) is 3.89. The van der Waals surface area contributed by atoms with E-state index in [0.717, 1.165) is 17.9 Å². The van der Waals surface area contributed by atoms with Crippen LogP contribution >= 0.6 is 11.6 Å². The zero-order chi connectivity index (χ0) is 13.1. The number of para-hydroxylation sites is 1. The van der Waals surface area contributed by atoms with Crippen LogP contribution in [0.3, 0.4) is 0 Å². The molecule has 2 aromatic rings. The topological polar surface area (TPSA) is 41.3 Å². The summed E-state index contributed by atoms with van der Waals surface area (Å²) < 4.78 is 1.98. The lowest BCUT2D eigenvalue weighted by atomic mass is 10.2. The predicted octanol–water partition coefficient (Wildman–Crippen LogP) is 2.41. The Hall–Kier alpha value is -1.52. The van der Waals surface area contributed by atoms with Gasteiger partial charge in [-0.25, -0.2) is 4.98 Å². The van der Waals surface area contributed by atoms with Crippen molar-refractivity contribution in [1.82, 2.24) is 14.5 Å². The highest BCUT2D eigenvalue weighted by atomic mass is 35.5. The number of hydrogen-bond donors (Lipinski definition) is 1. The van der Waals surface area contributed by atoms with Crippen LogP contribution in [0.1, 0.15) is 11.4 Å². The third-order valence-electron chi connectivity index (χ3n) is 2.84. The summed E-state index contributed by atoms with van der Waals surface area (Å²) in [5.74, 6) is 1.14. The summed E-state index contributed by atoms with van der Waals surface area (Å²) in [6, 6.07) is 5.39. The Morgan fingerprint density at radius 3 is 2.83 bits per heavy atom. The average molecular weight is 266 g/mol. The third kappa shape index (κ3) is 2.83. The Labute approximate surface area is 111 Å². The highest BCUT2D eigenvalue weighted by Gasteiger charge is 2.09. The normalized spacial score (nSPS) is 11.1. The largest absolute Gasteiger partial charge is 0.506 e. The van der Waals surface area contributed by atoms with Crippen LogP contribution in [0.5, 0.6) is 5.75 Å². The summed E-state index contributed by atoms with van der Waals surface area (Å²) in [4.78, 5) is 6.35. The van der Waals surface area contributed by atoms with Crippen molar-refractivity contribution in [2.75, 3.05) is 7.05 Å². The van der Waals surface area contributed by atoms with Crippen molar-refractivity contribution < 1.29 is 5.11 Å². The first-order chi connectivity index (χ1) is 8.58. The Morgan fingerprint density at radius 1 is 1.39 bits per heavy atom. The first kappa shape index (κ1) is 12.9. The van der Waals surface area contributed by atoms with Crippen molar-refractivity contribution >= 4 is 11.6 Å². The minimum Gasteiger partial charge on any atom is -0.506 e. The van der Waals surface area contributed by atoms with Crippen LogP contribution in [-0.2, 0) is 20.1 Å². The lowest BCUT2D eigenvalue weighted by molar-refractivity contribution is 0.301. The third-order valence-corrected chi connectivity index (χ3v) is 3.15. The van der Waals surface area contributed by atoms with Gasteiger partial charge in [0, 0.05) is 31.5 Å². The van der Waals surface area contributed by atoms with Crippen LogP contribution in [0.2, 0.25) is 5.02 Å². The van der Waals surface area contributed by atoms with Crippen LogP contribution < -0.4 is 0 Å². The van der Waals surface area contributed by atoms with Gasteiger partial charge in [-0.05, 0) is 13.1 Å². The summed E-state index contributed by atoms with van der Waals surface area (Å²) in [5.41, 5.74) is 0.819. The van der Waals surface area contributed by atoms with E-state index < -0.39 is 0 Å². The van der Waals surface area contributed by atoms with E-state index in [4.69, 9.17) is 11.6 Å². The molecule has 1 N–H and O–H groups in total. The SMILES string of the molecule is CN(Cc1cccc(Cl)c1O)Cc1nccn1C. The number of nitrogens with zero attached hydrogens (tertiary/aromatic N) is 3. The lowest BCUT2D eigenvalue weighted by Gasteiger charge is -2.17. The predicted molar refractivity (Wildman–Crippen MR) is 71.5 cm³/mol. The zero-order valence-corrected chi connectivity index (χ0v) is 11.2. The number of rotatable bonds is 4. The van der Waals surface area contributed by atoms with Crippen LogP contribution in [0.4, 0.5) is 0 Å². The maximum Gasteiger partial charge on any atom is 0.138 e. The summed E-state index contributed by atoms with van der Waals surface area (Å²) in [6.45, 7) is 1.34. The number of benzene rings is 1. The maximum atomic E-state index is 9.85. The molecule has 0 aliphatic rings. The Balaban J connectivity index is 2.05. The van der Waals surface area contributed by atoms with E-state index >= 15 is 0 Å². The van der Waals surface area contributed by atoms with Crippen molar-refractivity contribution in [3.63, 3.8) is 0 Å². The van der Waals surface area contributed by atoms with Gasteiger partial charge in [0.05, 0.1) is 11.6 Å². The van der Waals surface area contributed by atoms with Gasteiger partial charge in [-0.15, -0.1) is 0 Å². The fraction of sp³-hybridized carbons (Fsp3) is 0.308. The molecular weight excluding hydrogens is 250 g/mol. The van der Waals surface area contributed by atoms with Crippen LogP contribution in [0.25, 0.3) is 0 Å². The summed E-state index contributed by atoms with van der Waals surface area (Å²) >= 11 is 5.88. The number of imidazole rings is 1. The van der Waals surface area contributed by atoms with Crippen LogP contribution in [-0.4, -0.2) is 26.6 Å². The second-order valence-electron chi connectivity index (χ2n) is 4.37. The molecule has 0 saturated carbocycles. The van der Waals surface area contributed by atoms with Crippen molar-refractivity contribution in [2.24, 2.45) is 7.05 Å². The highest BCUT2D eigenvalue weighted by molar-refractivity contribution is 6.32. The highest BCUT2D eigenvalue weighted by Crippen LogP contribution is 2.27. The molecule has 1 aromatic carbocycles. The molecule has 0 amide bonds. The summed E-state index contributed by atoms with van der Waals surface area (Å²) in [5, 5.41) is 10.2. The van der Waals surface area contributed by atoms with Gasteiger partial charge in [-0.2, -0.15) is 0 Å². The van der Waals surface area contributed by atoms with E-state index in [2.05, 4.69) is 9.88 Å². The van der Waals surface area contributed by atoms with Gasteiger partial charge in [0.15, 0.2) is 0 Å². The molecule has 0 bridgehead atoms. The van der Waals surface area contributed by atoms with Gasteiger partial charge in [0.25, 0.3) is 0 Å². The molecule has 18 heavy (non-hydrogen) atoms. The van der Waals surface area contributed by atoms with Gasteiger partial charge in [0.2, 0.25) is 0 Å². The Bertz CT molecular complexity index is 539. The number of phenolic OH excluding ortho intramolecular Hbond substituents is 1. The number of aryl methyl sites for hydroxylation is 1. The summed E-state index contributed by atoms with van der Waals surface area (Å²) in [6.07, 6.45) is 3.69. The van der Waals surface area contributed by atoms with E-state index in [1.54, 1.807) is 12.3 Å². The molecule has 96 valence electrons. The van der Waals surface area contributed by atoms with Crippen molar-refractivity contribution in [2.45, 2.75) is 13.1 Å². The fourth-order valence-corrected chi connectivity index (χ4v) is 2.02. The fourth-order valence-electron chi connectivity index (χ4n) is 1.82. The molecule has 0 fully saturated rings. The van der Waals surface area contributed by atoms with Gasteiger partial charge in [0.1, 0.15) is 11.6 Å². The van der Waals surface area contributed by atoms with Gasteiger partial charge >= 0.3 is 0 Å². The van der Waals surface area contributed by atoms with Crippen molar-refractivity contribution in [3.8, 4) is 5.75 Å². The van der Waals surface area contributed by atoms with E-state index in [9.17, 15) is 5.11 Å². The molecular formula is C13H16ClN3O. The van der Waals surface area contributed by atoms with E-state index in [-0.39, 0.29) is 5.75 Å². The molecule has 0 unspecified atom stereocenters. The van der Waals surface area contributed by atoms with Gasteiger partial charge in [-0.1, -0.05) is 23.7 Å². The molecule has 0 aliphatic heterocycles. The van der Waals surface area contributed by atoms with E-state index in [0.29, 0.717) is 11.6 Å². The maximum absolute atomic E-state index is 9.85. The van der Waals surface area contributed by atoms with Crippen molar-refractivity contribution in [3.05, 3.63) is 47.0 Å². The quantitative estimate of drug-likeness (QED) is 0.923. The number of phenols is 1. The zero-order valence-electron chi connectivity index (χ0n) is 10.5. The number of aromatic nitrogens is 2. The average Bonchev–Trinajstić information content (AvgIpc) is 2.71. The van der Waals surface area contributed by atoms with E-state index in [1.807, 2.05) is 37.0 Å². The van der Waals surface area contributed by atoms with Gasteiger partial charge < -0.3 is 9.67 Å². The number of aromatic hydroxyl groups is 1. The van der Waals surface area contributed by atoms with Crippen LogP contribution in [0.15, 0.2) is 30.6 Å². The van der Waals surface area contributed by atoms with Crippen LogP contribution in [0, 0.1) is 0 Å². The lowest BCUT2D eigenvalue weighted by Crippen LogP contribution is -2.19. The number of halogens is 1. The summed E-state index contributed by atoms with van der Waals surface area (Å²) in [7, 11) is 3.95. The molecule has 0 saturated heterocycles. The Morgan fingerprint density at radius 2 is 2.17 bits per heavy atom. The molecule has 0 spiro atoms. The second kappa shape index (κ2) is 5.42. The molecule has 2 rings (SSSR count). The molecule has 0 aliphatic carbocycles.